The number of nitrogens with zero attached hydrogens (tertiary/aromatic N) is 1. The van der Waals surface area contributed by atoms with Crippen LogP contribution in [-0.2, 0) is 4.79 Å². The monoisotopic (exact) mass is 345 g/mol. The number of aliphatic hydroxyl groups excluding tert-OH is 1. The van der Waals surface area contributed by atoms with Gasteiger partial charge in [-0.3, -0.25) is 4.79 Å². The topological polar surface area (TPSA) is 40.5 Å². The van der Waals surface area contributed by atoms with Crippen molar-refractivity contribution in [3.8, 4) is 0 Å². The minimum atomic E-state index is -0.887. The zero-order chi connectivity index (χ0) is 15.9. The highest BCUT2D eigenvalue weighted by molar-refractivity contribution is 6.52. The molecule has 1 N–H and O–H groups in total. The molecular weight excluding hydrogens is 328 g/mol. The van der Waals surface area contributed by atoms with Crippen LogP contribution in [0.4, 0.5) is 4.39 Å². The average Bonchev–Trinajstić information content (AvgIpc) is 3.15. The molecule has 2 aliphatic rings. The van der Waals surface area contributed by atoms with Gasteiger partial charge in [-0.15, -0.1) is 23.2 Å². The minimum absolute atomic E-state index is 0.0136. The largest absolute Gasteiger partial charge is 0.388 e. The Morgan fingerprint density at radius 1 is 1.27 bits per heavy atom. The van der Waals surface area contributed by atoms with E-state index in [1.165, 1.54) is 12.1 Å². The molecule has 0 radical (unpaired) electrons. The molecular formula is C16H18Cl2FNO2. The van der Waals surface area contributed by atoms with Crippen LogP contribution in [0, 0.1) is 17.7 Å². The van der Waals surface area contributed by atoms with Gasteiger partial charge in [-0.1, -0.05) is 12.1 Å². The van der Waals surface area contributed by atoms with Crippen LogP contribution in [0.3, 0.4) is 0 Å². The van der Waals surface area contributed by atoms with Crippen LogP contribution in [0.1, 0.15) is 30.9 Å². The highest BCUT2D eigenvalue weighted by atomic mass is 35.5. The van der Waals surface area contributed by atoms with E-state index in [9.17, 15) is 14.3 Å². The molecule has 1 saturated carbocycles. The number of hydrogen-bond donors (Lipinski definition) is 1. The second kappa shape index (κ2) is 5.99. The highest BCUT2D eigenvalue weighted by Gasteiger charge is 2.57. The lowest BCUT2D eigenvalue weighted by atomic mass is 9.87. The van der Waals surface area contributed by atoms with Crippen molar-refractivity contribution in [2.24, 2.45) is 11.8 Å². The molecule has 3 nitrogen and oxygen atoms in total. The molecule has 1 heterocycles. The van der Waals surface area contributed by atoms with E-state index in [0.717, 1.165) is 0 Å². The fourth-order valence-electron chi connectivity index (χ4n) is 3.07. The van der Waals surface area contributed by atoms with Gasteiger partial charge in [-0.05, 0) is 42.9 Å². The number of likely N-dealkylation sites (tertiary alicyclic amines) is 1. The van der Waals surface area contributed by atoms with E-state index in [0.29, 0.717) is 37.9 Å². The summed E-state index contributed by atoms with van der Waals surface area (Å²) in [6, 6.07) is 5.92. The summed E-state index contributed by atoms with van der Waals surface area (Å²) >= 11 is 11.9. The summed E-state index contributed by atoms with van der Waals surface area (Å²) in [4.78, 5) is 14.0. The first-order valence-electron chi connectivity index (χ1n) is 7.48. The Morgan fingerprint density at radius 2 is 1.82 bits per heavy atom. The van der Waals surface area contributed by atoms with Gasteiger partial charge in [0.2, 0.25) is 5.91 Å². The molecule has 0 spiro atoms. The van der Waals surface area contributed by atoms with Crippen LogP contribution in [0.15, 0.2) is 24.3 Å². The van der Waals surface area contributed by atoms with Gasteiger partial charge < -0.3 is 10.0 Å². The van der Waals surface area contributed by atoms with Gasteiger partial charge in [0.25, 0.3) is 0 Å². The maximum atomic E-state index is 12.9. The molecule has 1 aromatic rings. The van der Waals surface area contributed by atoms with Gasteiger partial charge in [0.1, 0.15) is 10.2 Å². The Labute approximate surface area is 139 Å². The summed E-state index contributed by atoms with van der Waals surface area (Å²) in [5.74, 6) is -0.508. The molecule has 3 rings (SSSR count). The zero-order valence-electron chi connectivity index (χ0n) is 12.0. The van der Waals surface area contributed by atoms with E-state index < -0.39 is 10.4 Å². The van der Waals surface area contributed by atoms with Gasteiger partial charge in [-0.25, -0.2) is 4.39 Å². The average molecular weight is 346 g/mol. The molecule has 1 amide bonds. The SMILES string of the molecule is O=C([C@H]1CC1(Cl)Cl)N1CCC([C@@H](O)c2ccc(F)cc2)CC1. The number of carbonyl (C=O) groups excluding carboxylic acids is 1. The van der Waals surface area contributed by atoms with E-state index >= 15 is 0 Å². The molecule has 1 aromatic carbocycles. The summed E-state index contributed by atoms with van der Waals surface area (Å²) < 4.78 is 12.0. The van der Waals surface area contributed by atoms with Crippen molar-refractivity contribution >= 4 is 29.1 Å². The normalized spacial score (nSPS) is 25.8. The predicted octanol–water partition coefficient (Wildman–Crippen LogP) is 3.29. The van der Waals surface area contributed by atoms with E-state index in [-0.39, 0.29) is 23.6 Å². The summed E-state index contributed by atoms with van der Waals surface area (Å²) in [5.41, 5.74) is 0.717. The molecule has 1 saturated heterocycles. The van der Waals surface area contributed by atoms with E-state index in [1.54, 1.807) is 17.0 Å². The number of amides is 1. The maximum Gasteiger partial charge on any atom is 0.228 e. The van der Waals surface area contributed by atoms with Crippen molar-refractivity contribution in [1.29, 1.82) is 0 Å². The smallest absolute Gasteiger partial charge is 0.228 e. The van der Waals surface area contributed by atoms with Crippen molar-refractivity contribution in [2.75, 3.05) is 13.1 Å². The summed E-state index contributed by atoms with van der Waals surface area (Å²) in [6.45, 7) is 1.20. The van der Waals surface area contributed by atoms with Crippen LogP contribution in [0.2, 0.25) is 0 Å². The lowest BCUT2D eigenvalue weighted by Crippen LogP contribution is -2.41. The fraction of sp³-hybridized carbons (Fsp3) is 0.562. The van der Waals surface area contributed by atoms with Crippen molar-refractivity contribution in [2.45, 2.75) is 29.7 Å². The van der Waals surface area contributed by atoms with Crippen LogP contribution in [0.5, 0.6) is 0 Å². The molecule has 22 heavy (non-hydrogen) atoms. The van der Waals surface area contributed by atoms with Crippen LogP contribution in [-0.4, -0.2) is 33.3 Å². The second-order valence-electron chi connectivity index (χ2n) is 6.18. The fourth-order valence-corrected chi connectivity index (χ4v) is 3.56. The van der Waals surface area contributed by atoms with Crippen molar-refractivity contribution in [3.05, 3.63) is 35.6 Å². The quantitative estimate of drug-likeness (QED) is 0.854. The van der Waals surface area contributed by atoms with Gasteiger partial charge in [-0.2, -0.15) is 0 Å². The van der Waals surface area contributed by atoms with Crippen LogP contribution >= 0.6 is 23.2 Å². The third-order valence-corrected chi connectivity index (χ3v) is 5.47. The third kappa shape index (κ3) is 3.24. The number of rotatable bonds is 3. The number of benzene rings is 1. The number of hydrogen-bond acceptors (Lipinski definition) is 2. The zero-order valence-corrected chi connectivity index (χ0v) is 13.5. The Balaban J connectivity index is 1.55. The first-order valence-corrected chi connectivity index (χ1v) is 8.24. The second-order valence-corrected chi connectivity index (χ2v) is 7.72. The molecule has 2 atom stereocenters. The standard InChI is InChI=1S/C16H18Cl2FNO2/c17-16(18)9-13(16)15(22)20-7-5-11(6-8-20)14(21)10-1-3-12(19)4-2-10/h1-4,11,13-14,21H,5-9H2/t13-,14+/m1/s1. The lowest BCUT2D eigenvalue weighted by Gasteiger charge is -2.34. The molecule has 0 bridgehead atoms. The number of carbonyl (C=O) groups is 1. The molecule has 120 valence electrons. The number of aliphatic hydroxyl groups is 1. The van der Waals surface area contributed by atoms with Gasteiger partial charge >= 0.3 is 0 Å². The van der Waals surface area contributed by atoms with E-state index in [1.807, 2.05) is 0 Å². The van der Waals surface area contributed by atoms with Crippen LogP contribution < -0.4 is 0 Å². The molecule has 2 fully saturated rings. The lowest BCUT2D eigenvalue weighted by molar-refractivity contribution is -0.134. The Kier molecular flexibility index (Phi) is 4.36. The third-order valence-electron chi connectivity index (χ3n) is 4.63. The summed E-state index contributed by atoms with van der Waals surface area (Å²) in [6.07, 6.45) is 1.33. The summed E-state index contributed by atoms with van der Waals surface area (Å²) in [5, 5.41) is 10.4. The van der Waals surface area contributed by atoms with Crippen molar-refractivity contribution < 1.29 is 14.3 Å². The first kappa shape index (κ1) is 16.0. The molecule has 0 aromatic heterocycles. The Morgan fingerprint density at radius 3 is 2.32 bits per heavy atom. The van der Waals surface area contributed by atoms with Gasteiger partial charge in [0.15, 0.2) is 0 Å². The van der Waals surface area contributed by atoms with Crippen LogP contribution in [0.25, 0.3) is 0 Å². The van der Waals surface area contributed by atoms with Crippen molar-refractivity contribution in [3.63, 3.8) is 0 Å². The van der Waals surface area contributed by atoms with Crippen molar-refractivity contribution in [1.82, 2.24) is 4.90 Å². The molecule has 0 unspecified atom stereocenters. The Hall–Kier alpha value is -0.840. The molecule has 1 aliphatic carbocycles. The number of halogens is 3. The maximum absolute atomic E-state index is 12.9. The van der Waals surface area contributed by atoms with E-state index in [4.69, 9.17) is 23.2 Å². The van der Waals surface area contributed by atoms with Gasteiger partial charge in [0.05, 0.1) is 12.0 Å². The predicted molar refractivity (Wildman–Crippen MR) is 83.2 cm³/mol. The highest BCUT2D eigenvalue weighted by Crippen LogP contribution is 2.54. The molecule has 1 aliphatic heterocycles. The van der Waals surface area contributed by atoms with Gasteiger partial charge in [0, 0.05) is 13.1 Å². The number of alkyl halides is 2. The summed E-state index contributed by atoms with van der Waals surface area (Å²) in [7, 11) is 0. The first-order chi connectivity index (χ1) is 10.4. The number of piperidine rings is 1. The minimum Gasteiger partial charge on any atom is -0.388 e. The molecule has 6 heteroatoms. The Bertz CT molecular complexity index is 556. The van der Waals surface area contributed by atoms with E-state index in [2.05, 4.69) is 0 Å².